The highest BCUT2D eigenvalue weighted by molar-refractivity contribution is 6.02. The number of aromatic hydroxyl groups is 1. The van der Waals surface area contributed by atoms with Gasteiger partial charge in [-0.05, 0) is 104 Å². The molecule has 12 rings (SSSR count). The van der Waals surface area contributed by atoms with Crippen LogP contribution in [0.3, 0.4) is 0 Å². The first-order valence-electron chi connectivity index (χ1n) is 25.6. The number of alkyl halides is 1. The minimum Gasteiger partial charge on any atom is -0.508 e. The van der Waals surface area contributed by atoms with Crippen LogP contribution < -0.4 is 25.6 Å². The lowest BCUT2D eigenvalue weighted by Gasteiger charge is -2.48. The van der Waals surface area contributed by atoms with Crippen LogP contribution in [0.5, 0.6) is 11.8 Å². The van der Waals surface area contributed by atoms with Crippen molar-refractivity contribution >= 4 is 50.2 Å². The maximum Gasteiger partial charge on any atom is 0.420 e. The molecule has 2 N–H and O–H groups in total. The molecule has 3 aromatic heterocycles. The number of aryl methyl sites for hydroxylation is 1. The zero-order valence-corrected chi connectivity index (χ0v) is 40.7. The Morgan fingerprint density at radius 2 is 1.71 bits per heavy atom. The van der Waals surface area contributed by atoms with Crippen molar-refractivity contribution in [1.82, 2.24) is 34.6 Å². The Balaban J connectivity index is 0.705. The van der Waals surface area contributed by atoms with E-state index in [9.17, 15) is 14.7 Å². The van der Waals surface area contributed by atoms with E-state index < -0.39 is 29.1 Å². The number of piperidine rings is 3. The lowest BCUT2D eigenvalue weighted by molar-refractivity contribution is -0.151. The molecule has 0 radical (unpaired) electrons. The summed E-state index contributed by atoms with van der Waals surface area (Å²) in [5.74, 6) is -1.52. The Bertz CT molecular complexity index is 3190. The van der Waals surface area contributed by atoms with Crippen LogP contribution in [-0.2, 0) is 16.0 Å². The molecule has 6 aliphatic rings. The molecule has 0 bridgehead atoms. The standard InChI is InChI=1S/C54H60F3N9O6/c1-3-37-40(55)8-6-34-25-36(67)27-38(44(34)37)46-45(56)47-39(28-58-46)48(65-17-4-11-54(31-65)16-24-71-54)61-50(60-47)70-32-52(12-13-52)29-62-18-14-53(57,15-19-62)30-63-20-22-64(23-21-63)35-7-10-41-43(26-35)72-51(69)66(41)42-9-5-33(2)59-49(42)68/h6-8,10,25-28,42,67H,2-5,9,11-24,29-32H2,1H3,(H,59,68)/t42?,54-/m0/s1. The fourth-order valence-electron chi connectivity index (χ4n) is 12.1. The third-order valence-electron chi connectivity index (χ3n) is 16.5. The first kappa shape index (κ1) is 46.8. The van der Waals surface area contributed by atoms with E-state index in [0.717, 1.165) is 44.3 Å². The minimum absolute atomic E-state index is 0.0312. The number of nitrogens with zero attached hydrogens (tertiary/aromatic N) is 8. The fraction of sp³-hybridized carbons (Fsp3) is 0.500. The van der Waals surface area contributed by atoms with E-state index in [1.165, 1.54) is 16.7 Å². The number of hydrogen-bond donors (Lipinski definition) is 2. The number of aromatic nitrogens is 4. The van der Waals surface area contributed by atoms with Gasteiger partial charge in [0.1, 0.15) is 40.3 Å². The van der Waals surface area contributed by atoms with Crippen molar-refractivity contribution in [3.8, 4) is 23.0 Å². The van der Waals surface area contributed by atoms with Crippen molar-refractivity contribution in [2.75, 3.05) is 88.5 Å². The Labute approximate surface area is 414 Å². The lowest BCUT2D eigenvalue weighted by Crippen LogP contribution is -2.56. The summed E-state index contributed by atoms with van der Waals surface area (Å²) in [5, 5.41) is 15.0. The zero-order chi connectivity index (χ0) is 49.5. The van der Waals surface area contributed by atoms with Crippen LogP contribution in [0, 0.1) is 17.0 Å². The monoisotopic (exact) mass is 987 g/mol. The largest absolute Gasteiger partial charge is 0.508 e. The number of allylic oxidation sites excluding steroid dienone is 1. The lowest BCUT2D eigenvalue weighted by atomic mass is 9.86. The number of phenols is 1. The number of ether oxygens (including phenoxy) is 2. The van der Waals surface area contributed by atoms with Gasteiger partial charge >= 0.3 is 11.8 Å². The molecule has 3 aromatic carbocycles. The molecule has 6 aromatic rings. The third-order valence-corrected chi connectivity index (χ3v) is 16.5. The predicted molar refractivity (Wildman–Crippen MR) is 267 cm³/mol. The van der Waals surface area contributed by atoms with E-state index in [0.29, 0.717) is 149 Å². The molecule has 8 heterocycles. The van der Waals surface area contributed by atoms with Gasteiger partial charge in [-0.25, -0.2) is 18.0 Å². The summed E-state index contributed by atoms with van der Waals surface area (Å²) in [5.41, 5.74) is 1.48. The molecule has 72 heavy (non-hydrogen) atoms. The molecule has 2 atom stereocenters. The Kier molecular flexibility index (Phi) is 11.7. The van der Waals surface area contributed by atoms with E-state index in [4.69, 9.17) is 23.9 Å². The predicted octanol–water partition coefficient (Wildman–Crippen LogP) is 7.81. The number of oxazole rings is 1. The summed E-state index contributed by atoms with van der Waals surface area (Å²) in [6.07, 6.45) is 8.48. The molecule has 1 unspecified atom stereocenters. The maximum atomic E-state index is 17.2. The number of nitrogens with one attached hydrogen (secondary N) is 1. The second kappa shape index (κ2) is 18.1. The van der Waals surface area contributed by atoms with E-state index in [1.54, 1.807) is 18.3 Å². The van der Waals surface area contributed by atoms with Gasteiger partial charge in [-0.3, -0.25) is 19.2 Å². The van der Waals surface area contributed by atoms with Crippen LogP contribution in [0.2, 0.25) is 0 Å². The molecule has 5 saturated heterocycles. The highest BCUT2D eigenvalue weighted by Crippen LogP contribution is 2.48. The van der Waals surface area contributed by atoms with Crippen molar-refractivity contribution in [1.29, 1.82) is 0 Å². The number of fused-ring (bicyclic) bond motifs is 3. The SMILES string of the molecule is C=C1CCC(n2c(=O)oc3cc(N4CCN(CC5(F)CCN(CC6(COc7nc(N8CCC[C@]9(CCO9)C8)c8cnc(-c9cc(O)cc%10ccc(F)c(CC)c9%10)c(F)c8n7)CC6)CC5)CC4)ccc32)C(=O)N1. The number of phenolic OH excluding ortho intramolecular Hbond substituents is 1. The highest BCUT2D eigenvalue weighted by Gasteiger charge is 2.47. The van der Waals surface area contributed by atoms with E-state index in [1.807, 2.05) is 25.1 Å². The van der Waals surface area contributed by atoms with Gasteiger partial charge < -0.3 is 39.0 Å². The smallest absolute Gasteiger partial charge is 0.420 e. The molecule has 15 nitrogen and oxygen atoms in total. The van der Waals surface area contributed by atoms with Gasteiger partial charge in [0.2, 0.25) is 5.91 Å². The van der Waals surface area contributed by atoms with Crippen molar-refractivity contribution in [3.05, 3.63) is 88.7 Å². The number of pyridine rings is 1. The number of hydrogen-bond acceptors (Lipinski definition) is 13. The number of benzene rings is 3. The molecule has 18 heteroatoms. The topological polar surface area (TPSA) is 155 Å². The number of likely N-dealkylation sites (tertiary alicyclic amines) is 1. The van der Waals surface area contributed by atoms with E-state index in [-0.39, 0.29) is 45.5 Å². The summed E-state index contributed by atoms with van der Waals surface area (Å²) in [6, 6.07) is 11.0. The van der Waals surface area contributed by atoms with Crippen molar-refractivity contribution < 1.29 is 37.0 Å². The molecule has 1 amide bonds. The average molecular weight is 988 g/mol. The van der Waals surface area contributed by atoms with Crippen molar-refractivity contribution in [2.45, 2.75) is 88.4 Å². The maximum absolute atomic E-state index is 17.2. The number of carbonyl (C=O) groups excluding carboxylic acids is 1. The van der Waals surface area contributed by atoms with Gasteiger partial charge in [-0.15, -0.1) is 0 Å². The second-order valence-corrected chi connectivity index (χ2v) is 21.3. The molecular weight excluding hydrogens is 928 g/mol. The van der Waals surface area contributed by atoms with Gasteiger partial charge in [-0.1, -0.05) is 19.6 Å². The molecule has 1 saturated carbocycles. The van der Waals surface area contributed by atoms with Crippen LogP contribution >= 0.6 is 0 Å². The van der Waals surface area contributed by atoms with Gasteiger partial charge in [0, 0.05) is 106 Å². The fourth-order valence-corrected chi connectivity index (χ4v) is 12.1. The van der Waals surface area contributed by atoms with Crippen LogP contribution in [0.1, 0.15) is 76.3 Å². The second-order valence-electron chi connectivity index (χ2n) is 21.3. The summed E-state index contributed by atoms with van der Waals surface area (Å²) < 4.78 is 68.7. The number of rotatable bonds is 12. The molecule has 5 aliphatic heterocycles. The van der Waals surface area contributed by atoms with Gasteiger partial charge in [0.15, 0.2) is 11.4 Å². The van der Waals surface area contributed by atoms with Crippen LogP contribution in [-0.4, -0.2) is 130 Å². The van der Waals surface area contributed by atoms with Crippen molar-refractivity contribution in [2.24, 2.45) is 5.41 Å². The summed E-state index contributed by atoms with van der Waals surface area (Å²) in [7, 11) is 0. The number of carbonyl (C=O) groups is 1. The summed E-state index contributed by atoms with van der Waals surface area (Å²) >= 11 is 0. The number of halogens is 3. The van der Waals surface area contributed by atoms with Gasteiger partial charge in [-0.2, -0.15) is 9.97 Å². The Morgan fingerprint density at radius 3 is 2.44 bits per heavy atom. The first-order valence-corrected chi connectivity index (χ1v) is 25.6. The average Bonchev–Trinajstić information content (AvgIpc) is 4.05. The third kappa shape index (κ3) is 8.61. The quantitative estimate of drug-likeness (QED) is 0.123. The van der Waals surface area contributed by atoms with Crippen molar-refractivity contribution in [3.63, 3.8) is 0 Å². The summed E-state index contributed by atoms with van der Waals surface area (Å²) in [4.78, 5) is 48.8. The summed E-state index contributed by atoms with van der Waals surface area (Å²) in [6.45, 7) is 13.2. The molecule has 1 spiro atoms. The highest BCUT2D eigenvalue weighted by atomic mass is 19.1. The number of piperazine rings is 1. The molecular formula is C54H60F3N9O6. The first-order chi connectivity index (χ1) is 34.8. The van der Waals surface area contributed by atoms with Crippen LogP contribution in [0.4, 0.5) is 24.7 Å². The Morgan fingerprint density at radius 1 is 0.917 bits per heavy atom. The Hall–Kier alpha value is -6.24. The van der Waals surface area contributed by atoms with E-state index >= 15 is 13.2 Å². The minimum atomic E-state index is -1.31. The zero-order valence-electron chi connectivity index (χ0n) is 40.7. The number of anilines is 2. The van der Waals surface area contributed by atoms with Crippen LogP contribution in [0.25, 0.3) is 44.0 Å². The normalized spacial score (nSPS) is 23.5. The van der Waals surface area contributed by atoms with Gasteiger partial charge in [0.05, 0.1) is 29.7 Å². The molecule has 378 valence electrons. The number of amides is 1. The van der Waals surface area contributed by atoms with E-state index in [2.05, 4.69) is 36.5 Å². The van der Waals surface area contributed by atoms with Crippen LogP contribution in [0.15, 0.2) is 70.1 Å². The molecule has 1 aliphatic carbocycles. The van der Waals surface area contributed by atoms with Gasteiger partial charge in [0.25, 0.3) is 0 Å². The molecule has 6 fully saturated rings.